The number of hydrogen-bond acceptors (Lipinski definition) is 4. The van der Waals surface area contributed by atoms with Crippen LogP contribution in [0.1, 0.15) is 12.5 Å². The highest BCUT2D eigenvalue weighted by Gasteiger charge is 2.27. The molecular weight excluding hydrogens is 323 g/mol. The van der Waals surface area contributed by atoms with Gasteiger partial charge in [-0.15, -0.1) is 0 Å². The lowest BCUT2D eigenvalue weighted by Crippen LogP contribution is -2.51. The van der Waals surface area contributed by atoms with Crippen molar-refractivity contribution in [2.75, 3.05) is 39.0 Å². The van der Waals surface area contributed by atoms with Crippen LogP contribution in [0.4, 0.5) is 4.39 Å². The Bertz CT molecular complexity index is 670. The van der Waals surface area contributed by atoms with Crippen molar-refractivity contribution in [1.29, 1.82) is 0 Å². The summed E-state index contributed by atoms with van der Waals surface area (Å²) in [5.74, 6) is -0.439. The zero-order valence-corrected chi connectivity index (χ0v) is 14.1. The number of rotatable bonds is 5. The van der Waals surface area contributed by atoms with Crippen LogP contribution in [-0.2, 0) is 21.2 Å². The minimum Gasteiger partial charge on any atom is -0.494 e. The molecule has 0 unspecified atom stereocenters. The van der Waals surface area contributed by atoms with Crippen LogP contribution in [0.25, 0.3) is 0 Å². The maximum absolute atomic E-state index is 13.6. The summed E-state index contributed by atoms with van der Waals surface area (Å²) >= 11 is 0. The van der Waals surface area contributed by atoms with Crippen molar-refractivity contribution in [2.45, 2.75) is 13.3 Å². The van der Waals surface area contributed by atoms with E-state index in [9.17, 15) is 17.6 Å². The summed E-state index contributed by atoms with van der Waals surface area (Å²) in [4.78, 5) is 13.9. The van der Waals surface area contributed by atoms with E-state index in [1.807, 2.05) is 0 Å². The van der Waals surface area contributed by atoms with Crippen molar-refractivity contribution in [3.63, 3.8) is 0 Å². The Balaban J connectivity index is 1.94. The maximum atomic E-state index is 13.6. The van der Waals surface area contributed by atoms with Crippen LogP contribution in [0, 0.1) is 5.82 Å². The molecule has 0 aliphatic carbocycles. The number of carbonyl (C=O) groups is 1. The maximum Gasteiger partial charge on any atom is 0.227 e. The third kappa shape index (κ3) is 4.20. The molecule has 1 aromatic carbocycles. The summed E-state index contributed by atoms with van der Waals surface area (Å²) in [6.45, 7) is 2.93. The Kier molecular flexibility index (Phi) is 5.59. The number of piperazine rings is 1. The van der Waals surface area contributed by atoms with Crippen LogP contribution >= 0.6 is 0 Å². The van der Waals surface area contributed by atoms with Crippen LogP contribution in [0.5, 0.6) is 5.75 Å². The molecule has 0 saturated carbocycles. The molecule has 8 heteroatoms. The molecule has 1 aromatic rings. The van der Waals surface area contributed by atoms with Gasteiger partial charge in [-0.05, 0) is 24.6 Å². The van der Waals surface area contributed by atoms with Gasteiger partial charge in [-0.1, -0.05) is 6.07 Å². The molecule has 1 saturated heterocycles. The van der Waals surface area contributed by atoms with Gasteiger partial charge in [0.2, 0.25) is 15.9 Å². The molecule has 23 heavy (non-hydrogen) atoms. The first-order chi connectivity index (χ1) is 10.9. The highest BCUT2D eigenvalue weighted by Crippen LogP contribution is 2.18. The van der Waals surface area contributed by atoms with Crippen LogP contribution in [0.15, 0.2) is 18.2 Å². The van der Waals surface area contributed by atoms with Crippen molar-refractivity contribution in [3.8, 4) is 5.75 Å². The zero-order chi connectivity index (χ0) is 17.0. The molecule has 0 aromatic heterocycles. The first-order valence-electron chi connectivity index (χ1n) is 7.45. The fourth-order valence-electron chi connectivity index (χ4n) is 2.50. The molecule has 128 valence electrons. The van der Waals surface area contributed by atoms with Gasteiger partial charge in [0.15, 0.2) is 11.6 Å². The Morgan fingerprint density at radius 2 is 1.91 bits per heavy atom. The summed E-state index contributed by atoms with van der Waals surface area (Å²) in [5, 5.41) is 0. The van der Waals surface area contributed by atoms with Gasteiger partial charge in [0.05, 0.1) is 19.3 Å². The van der Waals surface area contributed by atoms with Gasteiger partial charge in [0.25, 0.3) is 0 Å². The molecule has 2 rings (SSSR count). The smallest absolute Gasteiger partial charge is 0.227 e. The van der Waals surface area contributed by atoms with Crippen molar-refractivity contribution < 1.29 is 22.3 Å². The van der Waals surface area contributed by atoms with E-state index in [0.717, 1.165) is 0 Å². The molecule has 0 atom stereocenters. The van der Waals surface area contributed by atoms with Crippen molar-refractivity contribution in [1.82, 2.24) is 9.21 Å². The SMILES string of the molecule is CCS(=O)(=O)N1CCN(C(=O)Cc2ccc(OC)c(F)c2)CC1. The minimum atomic E-state index is -3.21. The molecule has 0 N–H and O–H groups in total. The van der Waals surface area contributed by atoms with Gasteiger partial charge in [-0.25, -0.2) is 12.8 Å². The van der Waals surface area contributed by atoms with Gasteiger partial charge < -0.3 is 9.64 Å². The predicted octanol–water partition coefficient (Wildman–Crippen LogP) is 0.871. The molecule has 0 bridgehead atoms. The van der Waals surface area contributed by atoms with E-state index in [1.54, 1.807) is 17.9 Å². The molecule has 1 aliphatic heterocycles. The molecular formula is C15H21FN2O4S. The normalized spacial score (nSPS) is 16.4. The molecule has 6 nitrogen and oxygen atoms in total. The lowest BCUT2D eigenvalue weighted by Gasteiger charge is -2.33. The third-order valence-corrected chi connectivity index (χ3v) is 5.80. The average molecular weight is 344 g/mol. The number of methoxy groups -OCH3 is 1. The van der Waals surface area contributed by atoms with Gasteiger partial charge in [0.1, 0.15) is 0 Å². The number of halogens is 1. The highest BCUT2D eigenvalue weighted by molar-refractivity contribution is 7.89. The van der Waals surface area contributed by atoms with Crippen LogP contribution in [0.3, 0.4) is 0 Å². The molecule has 1 amide bonds. The third-order valence-electron chi connectivity index (χ3n) is 3.92. The summed E-state index contributed by atoms with van der Waals surface area (Å²) in [5.41, 5.74) is 0.567. The lowest BCUT2D eigenvalue weighted by atomic mass is 10.1. The second-order valence-corrected chi connectivity index (χ2v) is 7.58. The fraction of sp³-hybridized carbons (Fsp3) is 0.533. The number of hydrogen-bond donors (Lipinski definition) is 0. The second-order valence-electron chi connectivity index (χ2n) is 5.33. The fourth-order valence-corrected chi connectivity index (χ4v) is 3.59. The van der Waals surface area contributed by atoms with Crippen LogP contribution in [0.2, 0.25) is 0 Å². The van der Waals surface area contributed by atoms with E-state index >= 15 is 0 Å². The van der Waals surface area contributed by atoms with Crippen LogP contribution < -0.4 is 4.74 Å². The van der Waals surface area contributed by atoms with E-state index in [-0.39, 0.29) is 23.8 Å². The summed E-state index contributed by atoms with van der Waals surface area (Å²) in [7, 11) is -1.83. The molecule has 0 radical (unpaired) electrons. The van der Waals surface area contributed by atoms with Crippen molar-refractivity contribution >= 4 is 15.9 Å². The molecule has 1 aliphatic rings. The summed E-state index contributed by atoms with van der Waals surface area (Å²) < 4.78 is 43.5. The Hall–Kier alpha value is -1.67. The van der Waals surface area contributed by atoms with Crippen molar-refractivity contribution in [2.24, 2.45) is 0 Å². The number of sulfonamides is 1. The van der Waals surface area contributed by atoms with E-state index in [4.69, 9.17) is 4.74 Å². The van der Waals surface area contributed by atoms with Gasteiger partial charge in [-0.2, -0.15) is 4.31 Å². The van der Waals surface area contributed by atoms with Crippen LogP contribution in [-0.4, -0.2) is 62.6 Å². The average Bonchev–Trinajstić information content (AvgIpc) is 2.55. The zero-order valence-electron chi connectivity index (χ0n) is 13.3. The first-order valence-corrected chi connectivity index (χ1v) is 9.06. The van der Waals surface area contributed by atoms with Gasteiger partial charge in [-0.3, -0.25) is 4.79 Å². The van der Waals surface area contributed by atoms with Crippen molar-refractivity contribution in [3.05, 3.63) is 29.6 Å². The molecule has 1 heterocycles. The van der Waals surface area contributed by atoms with E-state index in [2.05, 4.69) is 0 Å². The minimum absolute atomic E-state index is 0.0616. The molecule has 1 fully saturated rings. The Morgan fingerprint density at radius 1 is 1.26 bits per heavy atom. The highest BCUT2D eigenvalue weighted by atomic mass is 32.2. The van der Waals surface area contributed by atoms with E-state index in [0.29, 0.717) is 31.7 Å². The van der Waals surface area contributed by atoms with E-state index < -0.39 is 15.8 Å². The second kappa shape index (κ2) is 7.27. The monoisotopic (exact) mass is 344 g/mol. The molecule has 0 spiro atoms. The standard InChI is InChI=1S/C15H21FN2O4S/c1-3-23(20,21)18-8-6-17(7-9-18)15(19)11-12-4-5-14(22-2)13(16)10-12/h4-5,10H,3,6-9,11H2,1-2H3. The topological polar surface area (TPSA) is 66.9 Å². The van der Waals surface area contributed by atoms with E-state index in [1.165, 1.54) is 23.5 Å². The number of benzene rings is 1. The largest absolute Gasteiger partial charge is 0.494 e. The number of amides is 1. The number of carbonyl (C=O) groups excluding carboxylic acids is 1. The lowest BCUT2D eigenvalue weighted by molar-refractivity contribution is -0.131. The Morgan fingerprint density at radius 3 is 2.43 bits per heavy atom. The summed E-state index contributed by atoms with van der Waals surface area (Å²) in [6, 6.07) is 4.43. The van der Waals surface area contributed by atoms with Gasteiger partial charge in [0, 0.05) is 26.2 Å². The quantitative estimate of drug-likeness (QED) is 0.795. The first kappa shape index (κ1) is 17.7. The number of ether oxygens (including phenoxy) is 1. The number of nitrogens with zero attached hydrogens (tertiary/aromatic N) is 2. The van der Waals surface area contributed by atoms with Gasteiger partial charge >= 0.3 is 0 Å². The predicted molar refractivity (Wildman–Crippen MR) is 84.3 cm³/mol. The summed E-state index contributed by atoms with van der Waals surface area (Å²) in [6.07, 6.45) is 0.0848. The Labute approximate surface area is 135 Å².